The summed E-state index contributed by atoms with van der Waals surface area (Å²) < 4.78 is 4.94. The van der Waals surface area contributed by atoms with Crippen LogP contribution in [0.5, 0.6) is 0 Å². The molecule has 0 amide bonds. The summed E-state index contributed by atoms with van der Waals surface area (Å²) in [5.41, 5.74) is 1.13. The molecule has 4 nitrogen and oxygen atoms in total. The highest BCUT2D eigenvalue weighted by molar-refractivity contribution is 6.34. The molecule has 4 atom stereocenters. The number of ketones is 1. The second-order valence-electron chi connectivity index (χ2n) is 7.79. The number of rotatable bonds is 2. The van der Waals surface area contributed by atoms with Crippen LogP contribution in [0.1, 0.15) is 44.1 Å². The molecule has 2 fully saturated rings. The van der Waals surface area contributed by atoms with Crippen molar-refractivity contribution in [1.82, 2.24) is 4.98 Å². The number of pyridine rings is 1. The van der Waals surface area contributed by atoms with Gasteiger partial charge in [-0.3, -0.25) is 9.59 Å². The van der Waals surface area contributed by atoms with Crippen LogP contribution in [0.15, 0.2) is 30.5 Å². The summed E-state index contributed by atoms with van der Waals surface area (Å²) in [6, 6.07) is 8.32. The molecule has 136 valence electrons. The summed E-state index contributed by atoms with van der Waals surface area (Å²) in [4.78, 5) is 28.9. The zero-order valence-corrected chi connectivity index (χ0v) is 15.8. The molecule has 1 heterocycles. The van der Waals surface area contributed by atoms with Gasteiger partial charge in [0.05, 0.1) is 7.11 Å². The molecule has 4 rings (SSSR count). The molecule has 0 spiro atoms. The van der Waals surface area contributed by atoms with E-state index in [1.165, 1.54) is 12.7 Å². The van der Waals surface area contributed by atoms with E-state index in [9.17, 15) is 9.59 Å². The molecule has 0 aliphatic heterocycles. The summed E-state index contributed by atoms with van der Waals surface area (Å²) >= 11 is 6.29. The number of halogens is 1. The monoisotopic (exact) mass is 371 g/mol. The normalized spacial score (nSPS) is 31.0. The van der Waals surface area contributed by atoms with E-state index in [0.29, 0.717) is 17.5 Å². The molecule has 2 aliphatic rings. The summed E-state index contributed by atoms with van der Waals surface area (Å²) in [5, 5.41) is 2.53. The third-order valence-electron chi connectivity index (χ3n) is 6.67. The van der Waals surface area contributed by atoms with Crippen LogP contribution in [-0.4, -0.2) is 23.8 Å². The van der Waals surface area contributed by atoms with Gasteiger partial charge in [-0.05, 0) is 59.6 Å². The van der Waals surface area contributed by atoms with Crippen molar-refractivity contribution in [2.24, 2.45) is 17.3 Å². The smallest absolute Gasteiger partial charge is 0.316 e. The maximum atomic E-state index is 12.4. The fourth-order valence-corrected chi connectivity index (χ4v) is 5.50. The predicted molar refractivity (Wildman–Crippen MR) is 100 cm³/mol. The second kappa shape index (κ2) is 6.34. The summed E-state index contributed by atoms with van der Waals surface area (Å²) in [6.45, 7) is 2.23. The number of esters is 1. The Kier molecular flexibility index (Phi) is 4.26. The molecule has 1 aromatic carbocycles. The summed E-state index contributed by atoms with van der Waals surface area (Å²) in [6.07, 6.45) is 4.80. The zero-order chi connectivity index (χ0) is 18.5. The van der Waals surface area contributed by atoms with Crippen molar-refractivity contribution in [3.05, 3.63) is 41.2 Å². The van der Waals surface area contributed by atoms with Crippen molar-refractivity contribution in [3.63, 3.8) is 0 Å². The lowest BCUT2D eigenvalue weighted by molar-refractivity contribution is -0.156. The predicted octanol–water partition coefficient (Wildman–Crippen LogP) is 4.54. The minimum Gasteiger partial charge on any atom is -0.468 e. The van der Waals surface area contributed by atoms with Crippen molar-refractivity contribution in [2.75, 3.05) is 7.11 Å². The number of nitrogens with zero attached hydrogens (tertiary/aromatic N) is 1. The minimum atomic E-state index is -0.616. The van der Waals surface area contributed by atoms with Gasteiger partial charge in [0.2, 0.25) is 0 Å². The molecule has 0 radical (unpaired) electrons. The first-order valence-electron chi connectivity index (χ1n) is 9.10. The van der Waals surface area contributed by atoms with Gasteiger partial charge in [0.15, 0.2) is 0 Å². The number of methoxy groups -OCH3 is 1. The first-order valence-corrected chi connectivity index (χ1v) is 9.48. The van der Waals surface area contributed by atoms with Crippen LogP contribution in [0.2, 0.25) is 5.15 Å². The van der Waals surface area contributed by atoms with Crippen molar-refractivity contribution in [1.29, 1.82) is 0 Å². The number of fused-ring (bicyclic) bond motifs is 2. The van der Waals surface area contributed by atoms with Crippen LogP contribution in [0.4, 0.5) is 0 Å². The largest absolute Gasteiger partial charge is 0.468 e. The van der Waals surface area contributed by atoms with Gasteiger partial charge in [-0.1, -0.05) is 30.7 Å². The van der Waals surface area contributed by atoms with Crippen molar-refractivity contribution < 1.29 is 14.3 Å². The first kappa shape index (κ1) is 17.5. The average molecular weight is 372 g/mol. The van der Waals surface area contributed by atoms with Gasteiger partial charge in [-0.15, -0.1) is 0 Å². The van der Waals surface area contributed by atoms with Crippen LogP contribution in [0, 0.1) is 17.3 Å². The Balaban J connectivity index is 1.74. The maximum absolute atomic E-state index is 12.4. The Morgan fingerprint density at radius 3 is 2.88 bits per heavy atom. The lowest BCUT2D eigenvalue weighted by Crippen LogP contribution is -2.45. The highest BCUT2D eigenvalue weighted by atomic mass is 35.5. The van der Waals surface area contributed by atoms with Gasteiger partial charge in [0.25, 0.3) is 0 Å². The molecule has 0 N–H and O–H groups in total. The van der Waals surface area contributed by atoms with Gasteiger partial charge < -0.3 is 4.74 Å². The highest BCUT2D eigenvalue weighted by Gasteiger charge is 2.56. The van der Waals surface area contributed by atoms with Gasteiger partial charge in [0, 0.05) is 18.0 Å². The van der Waals surface area contributed by atoms with E-state index in [1.54, 1.807) is 6.20 Å². The molecule has 2 aromatic rings. The van der Waals surface area contributed by atoms with Crippen molar-refractivity contribution in [2.45, 2.75) is 38.5 Å². The SMILES string of the molecule is COC(=O)C1C(=O)CC[C@]2(C)[C@@H](c3ccc4ccnc(Cl)c4c3)CC[C@@H]12. The fourth-order valence-electron chi connectivity index (χ4n) is 5.28. The molecule has 2 saturated carbocycles. The Bertz CT molecular complexity index is 888. The second-order valence-corrected chi connectivity index (χ2v) is 8.15. The zero-order valence-electron chi connectivity index (χ0n) is 15.0. The van der Waals surface area contributed by atoms with E-state index in [1.807, 2.05) is 6.07 Å². The van der Waals surface area contributed by atoms with Crippen LogP contribution >= 0.6 is 11.6 Å². The number of benzene rings is 1. The topological polar surface area (TPSA) is 56.3 Å². The fraction of sp³-hybridized carbons (Fsp3) is 0.476. The molecular weight excluding hydrogens is 350 g/mol. The van der Waals surface area contributed by atoms with E-state index in [0.717, 1.165) is 30.0 Å². The van der Waals surface area contributed by atoms with Gasteiger partial charge in [0.1, 0.15) is 16.9 Å². The highest BCUT2D eigenvalue weighted by Crippen LogP contribution is 2.60. The molecule has 5 heteroatoms. The van der Waals surface area contributed by atoms with Crippen LogP contribution < -0.4 is 0 Å². The van der Waals surface area contributed by atoms with Gasteiger partial charge >= 0.3 is 5.97 Å². The lowest BCUT2D eigenvalue weighted by Gasteiger charge is -2.43. The van der Waals surface area contributed by atoms with Gasteiger partial charge in [-0.2, -0.15) is 0 Å². The first-order chi connectivity index (χ1) is 12.5. The third-order valence-corrected chi connectivity index (χ3v) is 6.97. The van der Waals surface area contributed by atoms with E-state index in [2.05, 4.69) is 30.1 Å². The third kappa shape index (κ3) is 2.54. The molecular formula is C21H22ClNO3. The summed E-state index contributed by atoms with van der Waals surface area (Å²) in [5.74, 6) is -0.618. The molecule has 2 aliphatic carbocycles. The Labute approximate surface area is 157 Å². The van der Waals surface area contributed by atoms with Crippen LogP contribution in [-0.2, 0) is 14.3 Å². The lowest BCUT2D eigenvalue weighted by atomic mass is 9.60. The summed E-state index contributed by atoms with van der Waals surface area (Å²) in [7, 11) is 1.37. The Morgan fingerprint density at radius 2 is 2.12 bits per heavy atom. The molecule has 26 heavy (non-hydrogen) atoms. The van der Waals surface area contributed by atoms with E-state index in [-0.39, 0.29) is 23.1 Å². The van der Waals surface area contributed by atoms with Crippen molar-refractivity contribution >= 4 is 34.1 Å². The minimum absolute atomic E-state index is 0.0331. The molecule has 1 unspecified atom stereocenters. The van der Waals surface area contributed by atoms with E-state index >= 15 is 0 Å². The number of Topliss-reactive ketones (excluding diaryl/α,β-unsaturated/α-hetero) is 1. The number of carbonyl (C=O) groups is 2. The van der Waals surface area contributed by atoms with Crippen molar-refractivity contribution in [3.8, 4) is 0 Å². The molecule has 1 aromatic heterocycles. The Morgan fingerprint density at radius 1 is 1.31 bits per heavy atom. The number of hydrogen-bond acceptors (Lipinski definition) is 4. The van der Waals surface area contributed by atoms with E-state index < -0.39 is 5.92 Å². The number of ether oxygens (including phenoxy) is 1. The molecule has 0 bridgehead atoms. The van der Waals surface area contributed by atoms with E-state index in [4.69, 9.17) is 16.3 Å². The maximum Gasteiger partial charge on any atom is 0.316 e. The standard InChI is InChI=1S/C21H22ClNO3/c1-21-9-7-17(24)18(20(25)26-2)16(21)6-5-15(21)13-4-3-12-8-10-23-19(22)14(12)11-13/h3-4,8,10-11,15-16,18H,5-7,9H2,1-2H3/t15-,16+,18?,21-/m1/s1. The average Bonchev–Trinajstić information content (AvgIpc) is 2.99. The van der Waals surface area contributed by atoms with Crippen LogP contribution in [0.3, 0.4) is 0 Å². The number of hydrogen-bond donors (Lipinski definition) is 0. The quantitative estimate of drug-likeness (QED) is 0.442. The van der Waals surface area contributed by atoms with Gasteiger partial charge in [-0.25, -0.2) is 4.98 Å². The van der Waals surface area contributed by atoms with Crippen LogP contribution in [0.25, 0.3) is 10.8 Å². The number of aromatic nitrogens is 1. The number of carbonyl (C=O) groups excluding carboxylic acids is 2. The molecule has 0 saturated heterocycles. The Hall–Kier alpha value is -1.94.